The molecule has 0 bridgehead atoms. The lowest BCUT2D eigenvalue weighted by Gasteiger charge is -2.07. The van der Waals surface area contributed by atoms with Crippen molar-refractivity contribution >= 4 is 12.6 Å². The van der Waals surface area contributed by atoms with E-state index in [1.54, 1.807) is 0 Å². The summed E-state index contributed by atoms with van der Waals surface area (Å²) in [6.07, 6.45) is 0. The monoisotopic (exact) mass is 192 g/mol. The van der Waals surface area contributed by atoms with E-state index in [1.165, 1.54) is 0 Å². The Morgan fingerprint density at radius 3 is 2.58 bits per heavy atom. The molecule has 0 saturated carbocycles. The number of thiol groups is 1. The second-order valence-corrected chi connectivity index (χ2v) is 3.65. The molecule has 0 fully saturated rings. The zero-order valence-corrected chi connectivity index (χ0v) is 8.86. The van der Waals surface area contributed by atoms with E-state index < -0.39 is 0 Å². The van der Waals surface area contributed by atoms with Crippen molar-refractivity contribution in [3.8, 4) is 0 Å². The quantitative estimate of drug-likeness (QED) is 0.378. The molecule has 0 aliphatic heterocycles. The topological polar surface area (TPSA) is 33.3 Å². The summed E-state index contributed by atoms with van der Waals surface area (Å²) < 4.78 is 5.31. The molecule has 12 heavy (non-hydrogen) atoms. The lowest BCUT2D eigenvalue weighted by Crippen LogP contribution is -2.26. The van der Waals surface area contributed by atoms with Crippen molar-refractivity contribution in [3.63, 3.8) is 0 Å². The van der Waals surface area contributed by atoms with Crippen LogP contribution in [0.2, 0.25) is 0 Å². The minimum Gasteiger partial charge on any atom is -0.379 e. The third kappa shape index (κ3) is 10.2. The number of likely N-dealkylation sites (N-methyl/N-ethyl adjacent to an activating group) is 1. The van der Waals surface area contributed by atoms with Crippen LogP contribution in [0, 0.1) is 0 Å². The van der Waals surface area contributed by atoms with Crippen molar-refractivity contribution in [1.29, 1.82) is 0 Å². The van der Waals surface area contributed by atoms with Gasteiger partial charge in [0.15, 0.2) is 0 Å². The van der Waals surface area contributed by atoms with E-state index in [2.05, 4.69) is 30.2 Å². The van der Waals surface area contributed by atoms with Gasteiger partial charge in [0.25, 0.3) is 0 Å². The smallest absolute Gasteiger partial charge is 0.0591 e. The van der Waals surface area contributed by atoms with Gasteiger partial charge in [0.1, 0.15) is 0 Å². The lowest BCUT2D eigenvalue weighted by molar-refractivity contribution is 0.139. The molecule has 0 spiro atoms. The van der Waals surface area contributed by atoms with E-state index in [4.69, 9.17) is 4.74 Å². The molecule has 0 aromatic carbocycles. The van der Waals surface area contributed by atoms with E-state index in [1.807, 2.05) is 7.05 Å². The molecule has 0 heterocycles. The highest BCUT2D eigenvalue weighted by atomic mass is 32.1. The van der Waals surface area contributed by atoms with Gasteiger partial charge in [-0.3, -0.25) is 0 Å². The van der Waals surface area contributed by atoms with Gasteiger partial charge in [-0.1, -0.05) is 6.92 Å². The first kappa shape index (κ1) is 12.2. The van der Waals surface area contributed by atoms with Crippen LogP contribution in [0.5, 0.6) is 0 Å². The molecule has 3 nitrogen and oxygen atoms in total. The van der Waals surface area contributed by atoms with Gasteiger partial charge in [0.05, 0.1) is 13.2 Å². The molecule has 2 N–H and O–H groups in total. The first-order chi connectivity index (χ1) is 5.77. The summed E-state index contributed by atoms with van der Waals surface area (Å²) in [5, 5.41) is 6.68. The Bertz CT molecular complexity index is 91.1. The zero-order chi connectivity index (χ0) is 9.23. The second-order valence-electron chi connectivity index (χ2n) is 2.77. The molecule has 1 atom stereocenters. The van der Waals surface area contributed by atoms with Crippen LogP contribution in [0.1, 0.15) is 6.92 Å². The first-order valence-electron chi connectivity index (χ1n) is 4.38. The Hall–Kier alpha value is 0.230. The van der Waals surface area contributed by atoms with Gasteiger partial charge in [-0.25, -0.2) is 0 Å². The Labute approximate surface area is 80.7 Å². The van der Waals surface area contributed by atoms with Crippen LogP contribution in [-0.4, -0.2) is 45.1 Å². The van der Waals surface area contributed by atoms with Crippen LogP contribution in [0.15, 0.2) is 0 Å². The summed E-state index contributed by atoms with van der Waals surface area (Å²) >= 11 is 4.24. The molecule has 0 rings (SSSR count). The average molecular weight is 192 g/mol. The van der Waals surface area contributed by atoms with Gasteiger partial charge < -0.3 is 15.4 Å². The first-order valence-corrected chi connectivity index (χ1v) is 4.90. The maximum Gasteiger partial charge on any atom is 0.0591 e. The highest BCUT2D eigenvalue weighted by Gasteiger charge is 1.92. The molecule has 0 radical (unpaired) electrons. The third-order valence-corrected chi connectivity index (χ3v) is 1.54. The summed E-state index contributed by atoms with van der Waals surface area (Å²) in [7, 11) is 1.92. The highest BCUT2D eigenvalue weighted by Crippen LogP contribution is 1.87. The normalized spacial score (nSPS) is 13.2. The fourth-order valence-corrected chi connectivity index (χ4v) is 0.861. The van der Waals surface area contributed by atoms with E-state index in [0.29, 0.717) is 5.25 Å². The minimum absolute atomic E-state index is 0.419. The third-order valence-electron chi connectivity index (χ3n) is 1.36. The van der Waals surface area contributed by atoms with Crippen LogP contribution in [0.25, 0.3) is 0 Å². The number of hydrogen-bond acceptors (Lipinski definition) is 4. The SMILES string of the molecule is CNCCOCCNCC(C)S. The van der Waals surface area contributed by atoms with Gasteiger partial charge >= 0.3 is 0 Å². The Kier molecular flexibility index (Phi) is 9.50. The van der Waals surface area contributed by atoms with Crippen LogP contribution in [0.4, 0.5) is 0 Å². The standard InChI is InChI=1S/C8H20N2OS/c1-8(12)7-10-4-6-11-5-3-9-2/h8-10,12H,3-7H2,1-2H3. The number of hydrogen-bond donors (Lipinski definition) is 3. The maximum atomic E-state index is 5.31. The van der Waals surface area contributed by atoms with Crippen LogP contribution in [0.3, 0.4) is 0 Å². The molecule has 0 aromatic heterocycles. The molecule has 1 unspecified atom stereocenters. The second kappa shape index (κ2) is 9.32. The fraction of sp³-hybridized carbons (Fsp3) is 1.00. The summed E-state index contributed by atoms with van der Waals surface area (Å²) in [6.45, 7) is 6.41. The molecule has 74 valence electrons. The van der Waals surface area contributed by atoms with E-state index in [9.17, 15) is 0 Å². The number of rotatable bonds is 8. The van der Waals surface area contributed by atoms with Crippen LogP contribution in [-0.2, 0) is 4.74 Å². The van der Waals surface area contributed by atoms with Gasteiger partial charge in [-0.05, 0) is 7.05 Å². The van der Waals surface area contributed by atoms with Crippen molar-refractivity contribution in [2.75, 3.05) is 39.9 Å². The van der Waals surface area contributed by atoms with E-state index >= 15 is 0 Å². The van der Waals surface area contributed by atoms with E-state index in [0.717, 1.165) is 32.8 Å². The van der Waals surface area contributed by atoms with Crippen molar-refractivity contribution < 1.29 is 4.74 Å². The molecule has 0 amide bonds. The number of nitrogens with one attached hydrogen (secondary N) is 2. The molecular weight excluding hydrogens is 172 g/mol. The Morgan fingerprint density at radius 1 is 1.33 bits per heavy atom. The minimum atomic E-state index is 0.419. The lowest BCUT2D eigenvalue weighted by atomic mass is 10.4. The Balaban J connectivity index is 2.82. The van der Waals surface area contributed by atoms with Gasteiger partial charge in [0.2, 0.25) is 0 Å². The van der Waals surface area contributed by atoms with Crippen LogP contribution >= 0.6 is 12.6 Å². The predicted molar refractivity (Wildman–Crippen MR) is 56.1 cm³/mol. The molecule has 0 aromatic rings. The summed E-state index contributed by atoms with van der Waals surface area (Å²) in [5.41, 5.74) is 0. The van der Waals surface area contributed by atoms with Crippen LogP contribution < -0.4 is 10.6 Å². The molecule has 4 heteroatoms. The van der Waals surface area contributed by atoms with Crippen molar-refractivity contribution in [2.45, 2.75) is 12.2 Å². The van der Waals surface area contributed by atoms with Gasteiger partial charge in [-0.2, -0.15) is 12.6 Å². The van der Waals surface area contributed by atoms with Crippen molar-refractivity contribution in [2.24, 2.45) is 0 Å². The summed E-state index contributed by atoms with van der Waals surface area (Å²) in [6, 6.07) is 0. The maximum absolute atomic E-state index is 5.31. The van der Waals surface area contributed by atoms with Gasteiger partial charge in [0, 0.05) is 24.9 Å². The van der Waals surface area contributed by atoms with Crippen molar-refractivity contribution in [1.82, 2.24) is 10.6 Å². The average Bonchev–Trinajstić information content (AvgIpc) is 2.02. The molecule has 0 saturated heterocycles. The highest BCUT2D eigenvalue weighted by molar-refractivity contribution is 7.80. The van der Waals surface area contributed by atoms with E-state index in [-0.39, 0.29) is 0 Å². The largest absolute Gasteiger partial charge is 0.379 e. The molecular formula is C8H20N2OS. The fourth-order valence-electron chi connectivity index (χ4n) is 0.732. The summed E-state index contributed by atoms with van der Waals surface area (Å²) in [5.74, 6) is 0. The number of ether oxygens (including phenoxy) is 1. The molecule has 0 aliphatic carbocycles. The van der Waals surface area contributed by atoms with Gasteiger partial charge in [-0.15, -0.1) is 0 Å². The predicted octanol–water partition coefficient (Wildman–Crippen LogP) is 0.130. The van der Waals surface area contributed by atoms with Crippen molar-refractivity contribution in [3.05, 3.63) is 0 Å². The molecule has 0 aliphatic rings. The Morgan fingerprint density at radius 2 is 2.00 bits per heavy atom. The zero-order valence-electron chi connectivity index (χ0n) is 7.97. The summed E-state index contributed by atoms with van der Waals surface area (Å²) in [4.78, 5) is 0.